The van der Waals surface area contributed by atoms with Crippen LogP contribution in [-0.2, 0) is 4.79 Å². The van der Waals surface area contributed by atoms with Gasteiger partial charge in [-0.15, -0.1) is 0 Å². The maximum absolute atomic E-state index is 11.1. The van der Waals surface area contributed by atoms with Gasteiger partial charge in [-0.3, -0.25) is 4.79 Å². The molecular formula is C11H18O2S. The highest BCUT2D eigenvalue weighted by Crippen LogP contribution is 2.41. The van der Waals surface area contributed by atoms with Gasteiger partial charge >= 0.3 is 5.97 Å². The number of carboxylic acids is 1. The molecule has 14 heavy (non-hydrogen) atoms. The second kappa shape index (κ2) is 4.56. The molecule has 1 aliphatic carbocycles. The van der Waals surface area contributed by atoms with E-state index in [9.17, 15) is 4.79 Å². The Morgan fingerprint density at radius 3 is 2.57 bits per heavy atom. The van der Waals surface area contributed by atoms with Crippen molar-refractivity contribution in [3.63, 3.8) is 0 Å². The van der Waals surface area contributed by atoms with Crippen LogP contribution >= 0.6 is 11.8 Å². The van der Waals surface area contributed by atoms with Gasteiger partial charge in [0.25, 0.3) is 0 Å². The summed E-state index contributed by atoms with van der Waals surface area (Å²) in [6.07, 6.45) is 6.33. The minimum atomic E-state index is -0.561. The molecule has 0 bridgehead atoms. The Morgan fingerprint density at radius 1 is 1.21 bits per heavy atom. The Hall–Kier alpha value is -0.180. The van der Waals surface area contributed by atoms with Gasteiger partial charge in [0, 0.05) is 5.75 Å². The monoisotopic (exact) mass is 214 g/mol. The highest BCUT2D eigenvalue weighted by atomic mass is 32.2. The molecule has 2 fully saturated rings. The lowest BCUT2D eigenvalue weighted by molar-refractivity contribution is -0.143. The normalized spacial score (nSPS) is 34.6. The molecule has 1 saturated carbocycles. The molecule has 1 aliphatic heterocycles. The highest BCUT2D eigenvalue weighted by molar-refractivity contribution is 7.99. The summed E-state index contributed by atoms with van der Waals surface area (Å²) in [6, 6.07) is 0. The van der Waals surface area contributed by atoms with Crippen LogP contribution in [0.15, 0.2) is 0 Å². The topological polar surface area (TPSA) is 37.3 Å². The lowest BCUT2D eigenvalue weighted by Crippen LogP contribution is -2.33. The van der Waals surface area contributed by atoms with E-state index in [0.29, 0.717) is 5.92 Å². The average molecular weight is 214 g/mol. The molecule has 2 nitrogen and oxygen atoms in total. The fraction of sp³-hybridized carbons (Fsp3) is 0.909. The van der Waals surface area contributed by atoms with Crippen molar-refractivity contribution in [1.82, 2.24) is 0 Å². The van der Waals surface area contributed by atoms with Crippen molar-refractivity contribution in [1.29, 1.82) is 0 Å². The van der Waals surface area contributed by atoms with Crippen molar-refractivity contribution in [3.05, 3.63) is 0 Å². The molecule has 1 saturated heterocycles. The molecule has 1 N–H and O–H groups in total. The second-order valence-electron chi connectivity index (χ2n) is 4.52. The third kappa shape index (κ3) is 2.08. The third-order valence-electron chi connectivity index (χ3n) is 3.73. The van der Waals surface area contributed by atoms with Gasteiger partial charge in [0.05, 0.1) is 5.92 Å². The molecule has 3 heteroatoms. The number of thioether (sulfide) groups is 1. The second-order valence-corrected chi connectivity index (χ2v) is 5.67. The Balaban J connectivity index is 2.01. The molecule has 0 aromatic rings. The summed E-state index contributed by atoms with van der Waals surface area (Å²) in [5.41, 5.74) is 0. The van der Waals surface area contributed by atoms with Gasteiger partial charge < -0.3 is 5.11 Å². The van der Waals surface area contributed by atoms with Crippen molar-refractivity contribution in [3.8, 4) is 0 Å². The largest absolute Gasteiger partial charge is 0.481 e. The maximum atomic E-state index is 11.1. The van der Waals surface area contributed by atoms with Crippen LogP contribution in [0.5, 0.6) is 0 Å². The van der Waals surface area contributed by atoms with Gasteiger partial charge in [0.1, 0.15) is 0 Å². The molecule has 0 spiro atoms. The van der Waals surface area contributed by atoms with E-state index >= 15 is 0 Å². The summed E-state index contributed by atoms with van der Waals surface area (Å²) in [7, 11) is 0. The Kier molecular flexibility index (Phi) is 3.37. The highest BCUT2D eigenvalue weighted by Gasteiger charge is 2.37. The van der Waals surface area contributed by atoms with Crippen LogP contribution in [0.4, 0.5) is 0 Å². The Bertz CT molecular complexity index is 211. The molecule has 2 rings (SSSR count). The van der Waals surface area contributed by atoms with Gasteiger partial charge in [-0.2, -0.15) is 11.8 Å². The summed E-state index contributed by atoms with van der Waals surface area (Å²) in [5, 5.41) is 9.16. The van der Waals surface area contributed by atoms with Crippen molar-refractivity contribution in [2.24, 2.45) is 17.8 Å². The van der Waals surface area contributed by atoms with Crippen LogP contribution in [0.1, 0.15) is 32.1 Å². The molecule has 0 amide bonds. The SMILES string of the molecule is O=C(O)C1CSCCC1C1CCCC1. The van der Waals surface area contributed by atoms with E-state index in [1.54, 1.807) is 0 Å². The standard InChI is InChI=1S/C11H18O2S/c12-11(13)10-7-14-6-5-9(10)8-3-1-2-4-8/h8-10H,1-7H2,(H,12,13). The third-order valence-corrected chi connectivity index (χ3v) is 4.85. The Morgan fingerprint density at radius 2 is 1.93 bits per heavy atom. The van der Waals surface area contributed by atoms with Gasteiger partial charge in [0.15, 0.2) is 0 Å². The number of carboxylic acid groups (broad SMARTS) is 1. The van der Waals surface area contributed by atoms with Crippen molar-refractivity contribution in [2.45, 2.75) is 32.1 Å². The van der Waals surface area contributed by atoms with Gasteiger partial charge in [-0.1, -0.05) is 25.7 Å². The fourth-order valence-electron chi connectivity index (χ4n) is 2.96. The number of rotatable bonds is 2. The van der Waals surface area contributed by atoms with E-state index in [2.05, 4.69) is 0 Å². The fourth-order valence-corrected chi connectivity index (χ4v) is 4.21. The van der Waals surface area contributed by atoms with Crippen LogP contribution < -0.4 is 0 Å². The van der Waals surface area contributed by atoms with Crippen LogP contribution in [0, 0.1) is 17.8 Å². The van der Waals surface area contributed by atoms with E-state index in [4.69, 9.17) is 5.11 Å². The number of carbonyl (C=O) groups is 1. The summed E-state index contributed by atoms with van der Waals surface area (Å²) in [6.45, 7) is 0. The summed E-state index contributed by atoms with van der Waals surface area (Å²) >= 11 is 1.81. The van der Waals surface area contributed by atoms with E-state index in [-0.39, 0.29) is 5.92 Å². The first kappa shape index (κ1) is 10.3. The van der Waals surface area contributed by atoms with Gasteiger partial charge in [-0.25, -0.2) is 0 Å². The minimum Gasteiger partial charge on any atom is -0.481 e. The van der Waals surface area contributed by atoms with Crippen LogP contribution in [0.2, 0.25) is 0 Å². The zero-order chi connectivity index (χ0) is 9.97. The molecule has 0 radical (unpaired) electrons. The van der Waals surface area contributed by atoms with E-state index in [0.717, 1.165) is 18.1 Å². The van der Waals surface area contributed by atoms with Crippen LogP contribution in [-0.4, -0.2) is 22.6 Å². The molecule has 1 heterocycles. The van der Waals surface area contributed by atoms with Gasteiger partial charge in [-0.05, 0) is 24.0 Å². The lowest BCUT2D eigenvalue weighted by Gasteiger charge is -2.32. The quantitative estimate of drug-likeness (QED) is 0.767. The van der Waals surface area contributed by atoms with E-state index < -0.39 is 5.97 Å². The molecule has 80 valence electrons. The predicted molar refractivity (Wildman–Crippen MR) is 58.5 cm³/mol. The van der Waals surface area contributed by atoms with E-state index in [1.807, 2.05) is 11.8 Å². The smallest absolute Gasteiger partial charge is 0.307 e. The average Bonchev–Trinajstić information content (AvgIpc) is 2.70. The van der Waals surface area contributed by atoms with Crippen molar-refractivity contribution >= 4 is 17.7 Å². The van der Waals surface area contributed by atoms with Crippen LogP contribution in [0.3, 0.4) is 0 Å². The molecule has 0 aromatic heterocycles. The Labute approximate surface area is 89.5 Å². The predicted octanol–water partition coefficient (Wildman–Crippen LogP) is 2.63. The van der Waals surface area contributed by atoms with Crippen LogP contribution in [0.25, 0.3) is 0 Å². The van der Waals surface area contributed by atoms with Crippen molar-refractivity contribution < 1.29 is 9.90 Å². The first-order valence-electron chi connectivity index (χ1n) is 5.59. The summed E-state index contributed by atoms with van der Waals surface area (Å²) < 4.78 is 0. The first-order chi connectivity index (χ1) is 6.79. The maximum Gasteiger partial charge on any atom is 0.307 e. The molecule has 2 unspecified atom stereocenters. The first-order valence-corrected chi connectivity index (χ1v) is 6.75. The molecule has 2 atom stereocenters. The molecule has 0 aromatic carbocycles. The van der Waals surface area contributed by atoms with Gasteiger partial charge in [0.2, 0.25) is 0 Å². The summed E-state index contributed by atoms with van der Waals surface area (Å²) in [5.74, 6) is 2.60. The molecular weight excluding hydrogens is 196 g/mol. The number of hydrogen-bond acceptors (Lipinski definition) is 2. The van der Waals surface area contributed by atoms with E-state index in [1.165, 1.54) is 31.4 Å². The zero-order valence-electron chi connectivity index (χ0n) is 8.45. The summed E-state index contributed by atoms with van der Waals surface area (Å²) in [4.78, 5) is 11.1. The molecule has 2 aliphatic rings. The van der Waals surface area contributed by atoms with Crippen molar-refractivity contribution in [2.75, 3.05) is 11.5 Å². The zero-order valence-corrected chi connectivity index (χ0v) is 9.26. The minimum absolute atomic E-state index is 0.0585. The lowest BCUT2D eigenvalue weighted by atomic mass is 9.79. The number of hydrogen-bond donors (Lipinski definition) is 1. The number of aliphatic carboxylic acids is 1.